The molecule has 0 saturated heterocycles. The van der Waals surface area contributed by atoms with Crippen LogP contribution in [-0.4, -0.2) is 19.9 Å². The Hall–Kier alpha value is -0.870. The first kappa shape index (κ1) is 15.0. The Kier molecular flexibility index (Phi) is 4.10. The third kappa shape index (κ3) is 3.16. The SMILES string of the molecule is CS(=O)(=O)C1CCCC(C(N)c2ccc3c(c2)CCC3)C1. The molecule has 3 atom stereocenters. The Morgan fingerprint density at radius 2 is 1.90 bits per heavy atom. The summed E-state index contributed by atoms with van der Waals surface area (Å²) in [6.45, 7) is 0. The van der Waals surface area contributed by atoms with Crippen LogP contribution >= 0.6 is 0 Å². The molecule has 1 aromatic rings. The maximum atomic E-state index is 11.8. The minimum Gasteiger partial charge on any atom is -0.324 e. The van der Waals surface area contributed by atoms with E-state index in [9.17, 15) is 8.42 Å². The molecule has 0 amide bonds. The monoisotopic (exact) mass is 307 g/mol. The minimum absolute atomic E-state index is 0.0274. The largest absolute Gasteiger partial charge is 0.324 e. The van der Waals surface area contributed by atoms with Crippen molar-refractivity contribution >= 4 is 9.84 Å². The molecule has 3 unspecified atom stereocenters. The van der Waals surface area contributed by atoms with Gasteiger partial charge in [-0.05, 0) is 61.1 Å². The molecule has 0 radical (unpaired) electrons. The molecule has 2 aliphatic carbocycles. The molecule has 2 N–H and O–H groups in total. The van der Waals surface area contributed by atoms with Gasteiger partial charge in [0.15, 0.2) is 0 Å². The Morgan fingerprint density at radius 3 is 2.67 bits per heavy atom. The molecule has 1 saturated carbocycles. The van der Waals surface area contributed by atoms with Gasteiger partial charge in [0.25, 0.3) is 0 Å². The zero-order valence-electron chi connectivity index (χ0n) is 12.7. The molecule has 3 nitrogen and oxygen atoms in total. The predicted molar refractivity (Wildman–Crippen MR) is 86.0 cm³/mol. The second kappa shape index (κ2) is 5.73. The molecule has 2 aliphatic rings. The Bertz CT molecular complexity index is 624. The second-order valence-corrected chi connectivity index (χ2v) is 9.11. The summed E-state index contributed by atoms with van der Waals surface area (Å²) in [6.07, 6.45) is 8.49. The van der Waals surface area contributed by atoms with Crippen molar-refractivity contribution in [1.29, 1.82) is 0 Å². The predicted octanol–water partition coefficient (Wildman–Crippen LogP) is 2.78. The van der Waals surface area contributed by atoms with Gasteiger partial charge in [0.05, 0.1) is 5.25 Å². The third-order valence-electron chi connectivity index (χ3n) is 5.29. The van der Waals surface area contributed by atoms with Crippen molar-refractivity contribution in [3.63, 3.8) is 0 Å². The highest BCUT2D eigenvalue weighted by molar-refractivity contribution is 7.91. The lowest BCUT2D eigenvalue weighted by atomic mass is 9.81. The fourth-order valence-corrected chi connectivity index (χ4v) is 5.16. The lowest BCUT2D eigenvalue weighted by molar-refractivity contribution is 0.309. The zero-order valence-corrected chi connectivity index (χ0v) is 13.5. The Balaban J connectivity index is 1.77. The number of benzene rings is 1. The number of aryl methyl sites for hydroxylation is 2. The fraction of sp³-hybridized carbons (Fsp3) is 0.647. The lowest BCUT2D eigenvalue weighted by Crippen LogP contribution is -2.33. The van der Waals surface area contributed by atoms with Crippen LogP contribution in [0.3, 0.4) is 0 Å². The van der Waals surface area contributed by atoms with Crippen LogP contribution in [0.4, 0.5) is 0 Å². The van der Waals surface area contributed by atoms with Crippen molar-refractivity contribution in [2.45, 2.75) is 56.2 Å². The standard InChI is InChI=1S/C17H25NO2S/c1-21(19,20)16-7-3-6-14(11-16)17(18)15-9-8-12-4-2-5-13(12)10-15/h8-10,14,16-17H,2-7,11,18H2,1H3. The number of sulfone groups is 1. The quantitative estimate of drug-likeness (QED) is 0.934. The van der Waals surface area contributed by atoms with Gasteiger partial charge in [0, 0.05) is 12.3 Å². The number of hydrogen-bond donors (Lipinski definition) is 1. The van der Waals surface area contributed by atoms with Crippen LogP contribution in [0.5, 0.6) is 0 Å². The van der Waals surface area contributed by atoms with Crippen molar-refractivity contribution in [3.05, 3.63) is 34.9 Å². The maximum Gasteiger partial charge on any atom is 0.150 e. The molecule has 3 rings (SSSR count). The molecular weight excluding hydrogens is 282 g/mol. The van der Waals surface area contributed by atoms with Crippen molar-refractivity contribution < 1.29 is 8.42 Å². The molecule has 4 heteroatoms. The number of rotatable bonds is 3. The summed E-state index contributed by atoms with van der Waals surface area (Å²) in [5.74, 6) is 0.290. The lowest BCUT2D eigenvalue weighted by Gasteiger charge is -2.32. The average molecular weight is 307 g/mol. The van der Waals surface area contributed by atoms with Gasteiger partial charge in [-0.15, -0.1) is 0 Å². The molecule has 0 aliphatic heterocycles. The summed E-state index contributed by atoms with van der Waals surface area (Å²) in [6, 6.07) is 6.60. The molecular formula is C17H25NO2S. The number of hydrogen-bond acceptors (Lipinski definition) is 3. The smallest absolute Gasteiger partial charge is 0.150 e. The average Bonchev–Trinajstić information content (AvgIpc) is 2.93. The summed E-state index contributed by atoms with van der Waals surface area (Å²) in [5.41, 5.74) is 10.6. The summed E-state index contributed by atoms with van der Waals surface area (Å²) < 4.78 is 23.6. The molecule has 21 heavy (non-hydrogen) atoms. The summed E-state index contributed by atoms with van der Waals surface area (Å²) in [4.78, 5) is 0. The Labute approximate surface area is 127 Å². The molecule has 0 heterocycles. The van der Waals surface area contributed by atoms with Crippen LogP contribution in [0.25, 0.3) is 0 Å². The van der Waals surface area contributed by atoms with E-state index in [1.54, 1.807) is 0 Å². The van der Waals surface area contributed by atoms with Crippen LogP contribution in [0, 0.1) is 5.92 Å². The number of nitrogens with two attached hydrogens (primary N) is 1. The van der Waals surface area contributed by atoms with Crippen molar-refractivity contribution in [2.24, 2.45) is 11.7 Å². The molecule has 0 aromatic heterocycles. The van der Waals surface area contributed by atoms with Crippen molar-refractivity contribution in [1.82, 2.24) is 0 Å². The van der Waals surface area contributed by atoms with Crippen molar-refractivity contribution in [2.75, 3.05) is 6.26 Å². The zero-order chi connectivity index (χ0) is 15.0. The molecule has 1 fully saturated rings. The van der Waals surface area contributed by atoms with E-state index in [0.29, 0.717) is 0 Å². The van der Waals surface area contributed by atoms with Gasteiger partial charge >= 0.3 is 0 Å². The summed E-state index contributed by atoms with van der Waals surface area (Å²) in [7, 11) is -2.94. The molecule has 1 aromatic carbocycles. The maximum absolute atomic E-state index is 11.8. The van der Waals surface area contributed by atoms with Crippen LogP contribution in [0.1, 0.15) is 54.8 Å². The van der Waals surface area contributed by atoms with Crippen LogP contribution < -0.4 is 5.73 Å². The fourth-order valence-electron chi connectivity index (χ4n) is 3.97. The van der Waals surface area contributed by atoms with Crippen LogP contribution in [-0.2, 0) is 22.7 Å². The molecule has 0 bridgehead atoms. The first-order valence-corrected chi connectivity index (χ1v) is 9.97. The highest BCUT2D eigenvalue weighted by atomic mass is 32.2. The van der Waals surface area contributed by atoms with Gasteiger partial charge in [0.1, 0.15) is 9.84 Å². The second-order valence-electron chi connectivity index (χ2n) is 6.79. The minimum atomic E-state index is -2.94. The topological polar surface area (TPSA) is 60.2 Å². The van der Waals surface area contributed by atoms with Gasteiger partial charge in [-0.2, -0.15) is 0 Å². The van der Waals surface area contributed by atoms with Gasteiger partial charge in [0.2, 0.25) is 0 Å². The first-order chi connectivity index (χ1) is 9.95. The normalized spacial score (nSPS) is 27.3. The first-order valence-electron chi connectivity index (χ1n) is 8.01. The van der Waals surface area contributed by atoms with Gasteiger partial charge in [-0.1, -0.05) is 24.6 Å². The van der Waals surface area contributed by atoms with E-state index in [4.69, 9.17) is 5.73 Å². The Morgan fingerprint density at radius 1 is 1.14 bits per heavy atom. The molecule has 0 spiro atoms. The van der Waals surface area contributed by atoms with Gasteiger partial charge < -0.3 is 5.73 Å². The third-order valence-corrected chi connectivity index (χ3v) is 6.93. The number of fused-ring (bicyclic) bond motifs is 1. The van der Waals surface area contributed by atoms with E-state index < -0.39 is 9.84 Å². The van der Waals surface area contributed by atoms with E-state index >= 15 is 0 Å². The van der Waals surface area contributed by atoms with E-state index in [2.05, 4.69) is 18.2 Å². The van der Waals surface area contributed by atoms with E-state index in [-0.39, 0.29) is 17.2 Å². The molecule has 116 valence electrons. The van der Waals surface area contributed by atoms with Gasteiger partial charge in [-0.25, -0.2) is 8.42 Å². The summed E-state index contributed by atoms with van der Waals surface area (Å²) >= 11 is 0. The van der Waals surface area contributed by atoms with E-state index in [1.807, 2.05) is 0 Å². The van der Waals surface area contributed by atoms with E-state index in [0.717, 1.165) is 32.1 Å². The van der Waals surface area contributed by atoms with Crippen LogP contribution in [0.15, 0.2) is 18.2 Å². The summed E-state index contributed by atoms with van der Waals surface area (Å²) in [5, 5.41) is -0.197. The van der Waals surface area contributed by atoms with Gasteiger partial charge in [-0.3, -0.25) is 0 Å². The highest BCUT2D eigenvalue weighted by Gasteiger charge is 2.32. The highest BCUT2D eigenvalue weighted by Crippen LogP contribution is 2.36. The van der Waals surface area contributed by atoms with Crippen molar-refractivity contribution in [3.8, 4) is 0 Å². The van der Waals surface area contributed by atoms with E-state index in [1.165, 1.54) is 35.8 Å². The van der Waals surface area contributed by atoms with Crippen LogP contribution in [0.2, 0.25) is 0 Å².